The molecule has 1 atom stereocenters. The van der Waals surface area contributed by atoms with Gasteiger partial charge in [-0.1, -0.05) is 19.1 Å². The van der Waals surface area contributed by atoms with Crippen molar-refractivity contribution in [3.05, 3.63) is 29.8 Å². The summed E-state index contributed by atoms with van der Waals surface area (Å²) in [7, 11) is 2.01. The number of hydrogen-bond acceptors (Lipinski definition) is 3. The standard InChI is InChI=1S/C13H20F2N2O/c1-3-8-17(2)9-12(16)10-4-6-11(7-5-10)18-13(14)15/h4-7,12-13H,3,8-9,16H2,1-2H3. The summed E-state index contributed by atoms with van der Waals surface area (Å²) in [4.78, 5) is 2.15. The molecule has 1 unspecified atom stereocenters. The summed E-state index contributed by atoms with van der Waals surface area (Å²) in [6.45, 7) is 1.04. The Morgan fingerprint density at radius 3 is 2.39 bits per heavy atom. The van der Waals surface area contributed by atoms with Crippen molar-refractivity contribution in [2.45, 2.75) is 26.0 Å². The molecular formula is C13H20F2N2O. The van der Waals surface area contributed by atoms with E-state index in [0.717, 1.165) is 25.1 Å². The van der Waals surface area contributed by atoms with Crippen LogP contribution in [0.3, 0.4) is 0 Å². The molecule has 0 heterocycles. The van der Waals surface area contributed by atoms with Crippen molar-refractivity contribution in [1.29, 1.82) is 0 Å². The van der Waals surface area contributed by atoms with Gasteiger partial charge in [0.2, 0.25) is 0 Å². The molecule has 0 saturated carbocycles. The molecular weight excluding hydrogens is 238 g/mol. The lowest BCUT2D eigenvalue weighted by Crippen LogP contribution is -2.29. The summed E-state index contributed by atoms with van der Waals surface area (Å²) in [5.74, 6) is 0.155. The molecule has 2 N–H and O–H groups in total. The zero-order valence-electron chi connectivity index (χ0n) is 10.8. The van der Waals surface area contributed by atoms with Gasteiger partial charge in [0, 0.05) is 12.6 Å². The lowest BCUT2D eigenvalue weighted by atomic mass is 10.1. The van der Waals surface area contributed by atoms with E-state index < -0.39 is 6.61 Å². The third-order valence-electron chi connectivity index (χ3n) is 2.65. The van der Waals surface area contributed by atoms with Crippen molar-refractivity contribution in [2.24, 2.45) is 5.73 Å². The third kappa shape index (κ3) is 4.98. The molecule has 1 aromatic rings. The first-order valence-electron chi connectivity index (χ1n) is 6.01. The Balaban J connectivity index is 2.55. The minimum absolute atomic E-state index is 0.123. The van der Waals surface area contributed by atoms with Crippen LogP contribution in [0.4, 0.5) is 8.78 Å². The molecule has 0 aliphatic heterocycles. The van der Waals surface area contributed by atoms with Crippen LogP contribution in [0.15, 0.2) is 24.3 Å². The maximum Gasteiger partial charge on any atom is 0.387 e. The van der Waals surface area contributed by atoms with E-state index in [9.17, 15) is 8.78 Å². The van der Waals surface area contributed by atoms with Crippen LogP contribution in [0.25, 0.3) is 0 Å². The fourth-order valence-corrected chi connectivity index (χ4v) is 1.81. The topological polar surface area (TPSA) is 38.5 Å². The average Bonchev–Trinajstić information content (AvgIpc) is 2.29. The van der Waals surface area contributed by atoms with Crippen LogP contribution in [-0.2, 0) is 0 Å². The minimum Gasteiger partial charge on any atom is -0.435 e. The van der Waals surface area contributed by atoms with E-state index >= 15 is 0 Å². The number of hydrogen-bond donors (Lipinski definition) is 1. The molecule has 18 heavy (non-hydrogen) atoms. The number of ether oxygens (including phenoxy) is 1. The number of nitrogens with two attached hydrogens (primary N) is 1. The Morgan fingerprint density at radius 2 is 1.89 bits per heavy atom. The van der Waals surface area contributed by atoms with E-state index in [2.05, 4.69) is 16.6 Å². The van der Waals surface area contributed by atoms with Gasteiger partial charge in [-0.15, -0.1) is 0 Å². The van der Waals surface area contributed by atoms with Gasteiger partial charge in [-0.25, -0.2) is 0 Å². The third-order valence-corrected chi connectivity index (χ3v) is 2.65. The van der Waals surface area contributed by atoms with E-state index in [-0.39, 0.29) is 11.8 Å². The highest BCUT2D eigenvalue weighted by molar-refractivity contribution is 5.29. The highest BCUT2D eigenvalue weighted by Gasteiger charge is 2.10. The zero-order valence-corrected chi connectivity index (χ0v) is 10.8. The molecule has 0 aliphatic rings. The SMILES string of the molecule is CCCN(C)CC(N)c1ccc(OC(F)F)cc1. The average molecular weight is 258 g/mol. The zero-order chi connectivity index (χ0) is 13.5. The fourth-order valence-electron chi connectivity index (χ4n) is 1.81. The van der Waals surface area contributed by atoms with Crippen molar-refractivity contribution >= 4 is 0 Å². The number of halogens is 2. The molecule has 0 saturated heterocycles. The molecule has 1 rings (SSSR count). The van der Waals surface area contributed by atoms with Gasteiger partial charge in [-0.05, 0) is 37.7 Å². The van der Waals surface area contributed by atoms with Gasteiger partial charge < -0.3 is 15.4 Å². The van der Waals surface area contributed by atoms with E-state index in [1.54, 1.807) is 12.1 Å². The van der Waals surface area contributed by atoms with Crippen molar-refractivity contribution < 1.29 is 13.5 Å². The monoisotopic (exact) mass is 258 g/mol. The van der Waals surface area contributed by atoms with Crippen molar-refractivity contribution in [3.63, 3.8) is 0 Å². The van der Waals surface area contributed by atoms with Crippen LogP contribution in [0.1, 0.15) is 24.9 Å². The molecule has 0 aromatic heterocycles. The number of nitrogens with zero attached hydrogens (tertiary/aromatic N) is 1. The van der Waals surface area contributed by atoms with Crippen molar-refractivity contribution in [3.8, 4) is 5.75 Å². The van der Waals surface area contributed by atoms with Gasteiger partial charge in [0.05, 0.1) is 0 Å². The van der Waals surface area contributed by atoms with Crippen LogP contribution in [0.2, 0.25) is 0 Å². The van der Waals surface area contributed by atoms with E-state index in [1.165, 1.54) is 12.1 Å². The second kappa shape index (κ2) is 7.28. The maximum absolute atomic E-state index is 12.0. The van der Waals surface area contributed by atoms with Crippen LogP contribution >= 0.6 is 0 Å². The van der Waals surface area contributed by atoms with E-state index in [1.807, 2.05) is 7.05 Å². The molecule has 0 aliphatic carbocycles. The van der Waals surface area contributed by atoms with Gasteiger partial charge in [0.15, 0.2) is 0 Å². The largest absolute Gasteiger partial charge is 0.435 e. The van der Waals surface area contributed by atoms with Crippen LogP contribution < -0.4 is 10.5 Å². The normalized spacial score (nSPS) is 13.1. The smallest absolute Gasteiger partial charge is 0.387 e. The summed E-state index contributed by atoms with van der Waals surface area (Å²) >= 11 is 0. The fraction of sp³-hybridized carbons (Fsp3) is 0.538. The Kier molecular flexibility index (Phi) is 6.01. The predicted octanol–water partition coefficient (Wildman–Crippen LogP) is 2.63. The molecule has 0 amide bonds. The van der Waals surface area contributed by atoms with Gasteiger partial charge in [0.1, 0.15) is 5.75 Å². The lowest BCUT2D eigenvalue weighted by Gasteiger charge is -2.21. The van der Waals surface area contributed by atoms with Crippen LogP contribution in [0, 0.1) is 0 Å². The number of alkyl halides is 2. The Labute approximate surface area is 107 Å². The molecule has 3 nitrogen and oxygen atoms in total. The number of rotatable bonds is 7. The highest BCUT2D eigenvalue weighted by Crippen LogP contribution is 2.18. The second-order valence-electron chi connectivity index (χ2n) is 4.32. The molecule has 0 spiro atoms. The summed E-state index contributed by atoms with van der Waals surface area (Å²) in [5.41, 5.74) is 6.96. The Hall–Kier alpha value is -1.20. The summed E-state index contributed by atoms with van der Waals surface area (Å²) in [5, 5.41) is 0. The number of likely N-dealkylation sites (N-methyl/N-ethyl adjacent to an activating group) is 1. The van der Waals surface area contributed by atoms with Gasteiger partial charge >= 0.3 is 6.61 Å². The molecule has 5 heteroatoms. The second-order valence-corrected chi connectivity index (χ2v) is 4.32. The lowest BCUT2D eigenvalue weighted by molar-refractivity contribution is -0.0498. The molecule has 1 aromatic carbocycles. The molecule has 0 bridgehead atoms. The van der Waals surface area contributed by atoms with Crippen LogP contribution in [-0.4, -0.2) is 31.6 Å². The minimum atomic E-state index is -2.79. The van der Waals surface area contributed by atoms with E-state index in [4.69, 9.17) is 5.73 Å². The highest BCUT2D eigenvalue weighted by atomic mass is 19.3. The van der Waals surface area contributed by atoms with Crippen molar-refractivity contribution in [1.82, 2.24) is 4.90 Å². The summed E-state index contributed by atoms with van der Waals surface area (Å²) in [6, 6.07) is 6.36. The quantitative estimate of drug-likeness (QED) is 0.817. The maximum atomic E-state index is 12.0. The first kappa shape index (κ1) is 14.9. The molecule has 102 valence electrons. The predicted molar refractivity (Wildman–Crippen MR) is 67.8 cm³/mol. The van der Waals surface area contributed by atoms with Crippen LogP contribution in [0.5, 0.6) is 5.75 Å². The number of benzene rings is 1. The van der Waals surface area contributed by atoms with Crippen molar-refractivity contribution in [2.75, 3.05) is 20.1 Å². The van der Waals surface area contributed by atoms with Gasteiger partial charge in [-0.3, -0.25) is 0 Å². The van der Waals surface area contributed by atoms with Gasteiger partial charge in [-0.2, -0.15) is 8.78 Å². The molecule has 0 fully saturated rings. The first-order chi connectivity index (χ1) is 8.52. The van der Waals surface area contributed by atoms with Gasteiger partial charge in [0.25, 0.3) is 0 Å². The van der Waals surface area contributed by atoms with E-state index in [0.29, 0.717) is 0 Å². The first-order valence-corrected chi connectivity index (χ1v) is 6.01. The Bertz CT molecular complexity index is 343. The molecule has 0 radical (unpaired) electrons. The Morgan fingerprint density at radius 1 is 1.28 bits per heavy atom. The summed E-state index contributed by atoms with van der Waals surface area (Å²) < 4.78 is 28.2. The summed E-state index contributed by atoms with van der Waals surface area (Å²) in [6.07, 6.45) is 1.07.